The van der Waals surface area contributed by atoms with Crippen LogP contribution in [0, 0.1) is 6.92 Å². The van der Waals surface area contributed by atoms with Crippen molar-refractivity contribution in [3.63, 3.8) is 0 Å². The van der Waals surface area contributed by atoms with E-state index in [1.807, 2.05) is 6.92 Å². The van der Waals surface area contributed by atoms with Crippen molar-refractivity contribution in [2.75, 3.05) is 5.32 Å². The van der Waals surface area contributed by atoms with E-state index in [4.69, 9.17) is 5.11 Å². The van der Waals surface area contributed by atoms with Crippen molar-refractivity contribution in [2.45, 2.75) is 20.0 Å². The second kappa shape index (κ2) is 3.64. The number of carbonyl (C=O) groups excluding carboxylic acids is 1. The molecule has 2 N–H and O–H groups in total. The molecule has 12 heavy (non-hydrogen) atoms. The van der Waals surface area contributed by atoms with Gasteiger partial charge in [-0.3, -0.25) is 10.1 Å². The van der Waals surface area contributed by atoms with Crippen molar-refractivity contribution in [1.29, 1.82) is 0 Å². The van der Waals surface area contributed by atoms with E-state index in [2.05, 4.69) is 10.3 Å². The van der Waals surface area contributed by atoms with Crippen molar-refractivity contribution in [3.05, 3.63) is 11.1 Å². The lowest BCUT2D eigenvalue weighted by molar-refractivity contribution is -0.123. The van der Waals surface area contributed by atoms with Crippen LogP contribution in [0.25, 0.3) is 0 Å². The molecule has 0 aliphatic carbocycles. The Kier molecular flexibility index (Phi) is 2.78. The van der Waals surface area contributed by atoms with E-state index in [9.17, 15) is 4.79 Å². The van der Waals surface area contributed by atoms with Gasteiger partial charge >= 0.3 is 0 Å². The molecule has 0 aromatic carbocycles. The number of thiazole rings is 1. The average molecular weight is 186 g/mol. The van der Waals surface area contributed by atoms with Crippen LogP contribution >= 0.6 is 11.3 Å². The summed E-state index contributed by atoms with van der Waals surface area (Å²) < 4.78 is 0. The highest BCUT2D eigenvalue weighted by Gasteiger charge is 2.09. The summed E-state index contributed by atoms with van der Waals surface area (Å²) in [5.74, 6) is -0.427. The Hall–Kier alpha value is -0.940. The number of aromatic nitrogens is 1. The Morgan fingerprint density at radius 2 is 2.50 bits per heavy atom. The molecular formula is C7H10N2O2S. The fourth-order valence-electron chi connectivity index (χ4n) is 0.622. The third kappa shape index (κ3) is 2.28. The SMILES string of the molecule is Cc1cnc(NC(=O)C(C)O)s1. The summed E-state index contributed by atoms with van der Waals surface area (Å²) in [5, 5.41) is 11.9. The van der Waals surface area contributed by atoms with Crippen molar-refractivity contribution >= 4 is 22.4 Å². The van der Waals surface area contributed by atoms with E-state index in [-0.39, 0.29) is 0 Å². The monoisotopic (exact) mass is 186 g/mol. The van der Waals surface area contributed by atoms with Gasteiger partial charge in [0.15, 0.2) is 5.13 Å². The normalized spacial score (nSPS) is 12.6. The van der Waals surface area contributed by atoms with Gasteiger partial charge in [0.1, 0.15) is 6.10 Å². The maximum Gasteiger partial charge on any atom is 0.254 e. The first kappa shape index (κ1) is 9.15. The van der Waals surface area contributed by atoms with Crippen molar-refractivity contribution < 1.29 is 9.90 Å². The number of anilines is 1. The van der Waals surface area contributed by atoms with Gasteiger partial charge in [0.05, 0.1) is 0 Å². The first-order valence-electron chi connectivity index (χ1n) is 3.51. The second-order valence-electron chi connectivity index (χ2n) is 2.44. The number of rotatable bonds is 2. The molecule has 0 saturated heterocycles. The lowest BCUT2D eigenvalue weighted by Gasteiger charge is -2.02. The largest absolute Gasteiger partial charge is 0.384 e. The van der Waals surface area contributed by atoms with E-state index in [1.165, 1.54) is 18.3 Å². The molecular weight excluding hydrogens is 176 g/mol. The number of aliphatic hydroxyl groups is 1. The van der Waals surface area contributed by atoms with Crippen LogP contribution in [-0.2, 0) is 4.79 Å². The molecule has 1 rings (SSSR count). The molecule has 0 radical (unpaired) electrons. The standard InChI is InChI=1S/C7H10N2O2S/c1-4-3-8-7(12-4)9-6(11)5(2)10/h3,5,10H,1-2H3,(H,8,9,11). The molecule has 0 fully saturated rings. The topological polar surface area (TPSA) is 62.2 Å². The molecule has 4 nitrogen and oxygen atoms in total. The third-order valence-corrected chi connectivity index (χ3v) is 2.06. The highest BCUT2D eigenvalue weighted by Crippen LogP contribution is 2.16. The zero-order valence-corrected chi connectivity index (χ0v) is 7.68. The van der Waals surface area contributed by atoms with Crippen LogP contribution in [0.5, 0.6) is 0 Å². The second-order valence-corrected chi connectivity index (χ2v) is 3.68. The predicted molar refractivity (Wildman–Crippen MR) is 47.2 cm³/mol. The van der Waals surface area contributed by atoms with E-state index in [0.29, 0.717) is 5.13 Å². The van der Waals surface area contributed by atoms with Gasteiger partial charge in [0.2, 0.25) is 0 Å². The fourth-order valence-corrected chi connectivity index (χ4v) is 1.29. The minimum absolute atomic E-state index is 0.427. The van der Waals surface area contributed by atoms with Gasteiger partial charge in [-0.1, -0.05) is 0 Å². The van der Waals surface area contributed by atoms with Gasteiger partial charge in [0.25, 0.3) is 5.91 Å². The van der Waals surface area contributed by atoms with Crippen molar-refractivity contribution in [3.8, 4) is 0 Å². The molecule has 1 atom stereocenters. The van der Waals surface area contributed by atoms with Gasteiger partial charge in [-0.15, -0.1) is 11.3 Å². The number of carbonyl (C=O) groups is 1. The first-order chi connectivity index (χ1) is 5.59. The Morgan fingerprint density at radius 3 is 2.92 bits per heavy atom. The van der Waals surface area contributed by atoms with E-state index < -0.39 is 12.0 Å². The summed E-state index contributed by atoms with van der Waals surface area (Å²) in [5.41, 5.74) is 0. The summed E-state index contributed by atoms with van der Waals surface area (Å²) >= 11 is 1.38. The molecule has 1 aromatic rings. The molecule has 5 heteroatoms. The Labute approximate surface area is 74.3 Å². The third-order valence-electron chi connectivity index (χ3n) is 1.23. The van der Waals surface area contributed by atoms with Crippen LogP contribution in [-0.4, -0.2) is 22.1 Å². The van der Waals surface area contributed by atoms with Crippen LogP contribution in [0.15, 0.2) is 6.20 Å². The minimum Gasteiger partial charge on any atom is -0.384 e. The van der Waals surface area contributed by atoms with Gasteiger partial charge in [0, 0.05) is 11.1 Å². The van der Waals surface area contributed by atoms with Crippen molar-refractivity contribution in [1.82, 2.24) is 4.98 Å². The summed E-state index contributed by atoms with van der Waals surface area (Å²) in [6.45, 7) is 3.31. The maximum atomic E-state index is 10.9. The minimum atomic E-state index is -0.991. The van der Waals surface area contributed by atoms with Crippen molar-refractivity contribution in [2.24, 2.45) is 0 Å². The number of hydrogen-bond acceptors (Lipinski definition) is 4. The zero-order valence-electron chi connectivity index (χ0n) is 6.87. The molecule has 0 spiro atoms. The quantitative estimate of drug-likeness (QED) is 0.717. The Balaban J connectivity index is 2.58. The number of amides is 1. The summed E-state index contributed by atoms with van der Waals surface area (Å²) in [6, 6.07) is 0. The molecule has 0 bridgehead atoms. The molecule has 0 aliphatic heterocycles. The molecule has 0 saturated carbocycles. The van der Waals surface area contributed by atoms with Crippen LogP contribution in [0.1, 0.15) is 11.8 Å². The van der Waals surface area contributed by atoms with Crippen LogP contribution in [0.2, 0.25) is 0 Å². The number of hydrogen-bond donors (Lipinski definition) is 2. The highest BCUT2D eigenvalue weighted by atomic mass is 32.1. The highest BCUT2D eigenvalue weighted by molar-refractivity contribution is 7.15. The number of nitrogens with one attached hydrogen (secondary N) is 1. The Bertz CT molecular complexity index is 283. The lowest BCUT2D eigenvalue weighted by Crippen LogP contribution is -2.24. The van der Waals surface area contributed by atoms with E-state index in [1.54, 1.807) is 6.20 Å². The summed E-state index contributed by atoms with van der Waals surface area (Å²) in [7, 11) is 0. The number of aryl methyl sites for hydroxylation is 1. The van der Waals surface area contributed by atoms with Gasteiger partial charge in [-0.25, -0.2) is 4.98 Å². The summed E-state index contributed by atoms with van der Waals surface area (Å²) in [6.07, 6.45) is 0.677. The molecule has 1 unspecified atom stereocenters. The molecule has 66 valence electrons. The smallest absolute Gasteiger partial charge is 0.254 e. The first-order valence-corrected chi connectivity index (χ1v) is 4.32. The number of nitrogens with zero attached hydrogens (tertiary/aromatic N) is 1. The van der Waals surface area contributed by atoms with Crippen LogP contribution in [0.3, 0.4) is 0 Å². The average Bonchev–Trinajstić information content (AvgIpc) is 2.35. The predicted octanol–water partition coefficient (Wildman–Crippen LogP) is 0.771. The number of aliphatic hydroxyl groups excluding tert-OH is 1. The molecule has 1 aromatic heterocycles. The fraction of sp³-hybridized carbons (Fsp3) is 0.429. The molecule has 1 amide bonds. The molecule has 0 aliphatic rings. The van der Waals surface area contributed by atoms with E-state index in [0.717, 1.165) is 4.88 Å². The zero-order chi connectivity index (χ0) is 9.14. The lowest BCUT2D eigenvalue weighted by atomic mass is 10.4. The summed E-state index contributed by atoms with van der Waals surface area (Å²) in [4.78, 5) is 15.9. The van der Waals surface area contributed by atoms with Crippen LogP contribution in [0.4, 0.5) is 5.13 Å². The van der Waals surface area contributed by atoms with Gasteiger partial charge in [-0.05, 0) is 13.8 Å². The maximum absolute atomic E-state index is 10.9. The molecule has 1 heterocycles. The van der Waals surface area contributed by atoms with Gasteiger partial charge in [-0.2, -0.15) is 0 Å². The van der Waals surface area contributed by atoms with Crippen LogP contribution < -0.4 is 5.32 Å². The van der Waals surface area contributed by atoms with E-state index >= 15 is 0 Å². The van der Waals surface area contributed by atoms with Gasteiger partial charge < -0.3 is 5.11 Å². The Morgan fingerprint density at radius 1 is 1.83 bits per heavy atom.